The predicted octanol–water partition coefficient (Wildman–Crippen LogP) is 4.33. The summed E-state index contributed by atoms with van der Waals surface area (Å²) in [5.74, 6) is 2.36. The number of benzene rings is 2. The molecule has 0 heterocycles. The maximum absolute atomic E-state index is 12.3. The molecule has 2 aromatic rings. The SMILES string of the molecule is CCOc1ccc(CCCNC(=O)C(C)Sc2ccc(OC)cc2)cc1OC. The number of nitrogens with one attached hydrogen (secondary N) is 1. The van der Waals surface area contributed by atoms with E-state index in [0.717, 1.165) is 40.5 Å². The van der Waals surface area contributed by atoms with Crippen LogP contribution < -0.4 is 19.5 Å². The molecule has 2 aromatic carbocycles. The molecule has 0 radical (unpaired) electrons. The lowest BCUT2D eigenvalue weighted by atomic mass is 10.1. The van der Waals surface area contributed by atoms with E-state index in [1.54, 1.807) is 14.2 Å². The third kappa shape index (κ3) is 6.68. The third-order valence-corrected chi connectivity index (χ3v) is 5.32. The second kappa shape index (κ2) is 11.5. The quantitative estimate of drug-likeness (QED) is 0.447. The van der Waals surface area contributed by atoms with E-state index in [0.29, 0.717) is 13.2 Å². The first-order valence-corrected chi connectivity index (χ1v) is 10.3. The van der Waals surface area contributed by atoms with Crippen LogP contribution in [0.3, 0.4) is 0 Å². The lowest BCUT2D eigenvalue weighted by Gasteiger charge is -2.13. The Morgan fingerprint density at radius 3 is 2.46 bits per heavy atom. The van der Waals surface area contributed by atoms with Gasteiger partial charge in [0.15, 0.2) is 11.5 Å². The van der Waals surface area contributed by atoms with Crippen LogP contribution in [0.1, 0.15) is 25.8 Å². The van der Waals surface area contributed by atoms with Crippen LogP contribution in [0.4, 0.5) is 0 Å². The zero-order valence-electron chi connectivity index (χ0n) is 17.0. The fourth-order valence-electron chi connectivity index (χ4n) is 2.70. The average molecular weight is 404 g/mol. The van der Waals surface area contributed by atoms with E-state index in [9.17, 15) is 4.79 Å². The Kier molecular flexibility index (Phi) is 9.01. The van der Waals surface area contributed by atoms with Gasteiger partial charge in [0, 0.05) is 11.4 Å². The number of hydrogen-bond acceptors (Lipinski definition) is 5. The molecule has 0 aliphatic rings. The van der Waals surface area contributed by atoms with Gasteiger partial charge in [-0.1, -0.05) is 6.07 Å². The van der Waals surface area contributed by atoms with Gasteiger partial charge in [-0.3, -0.25) is 4.79 Å². The van der Waals surface area contributed by atoms with Gasteiger partial charge < -0.3 is 19.5 Å². The van der Waals surface area contributed by atoms with E-state index in [4.69, 9.17) is 14.2 Å². The van der Waals surface area contributed by atoms with E-state index in [1.807, 2.05) is 56.3 Å². The zero-order valence-corrected chi connectivity index (χ0v) is 17.8. The largest absolute Gasteiger partial charge is 0.497 e. The van der Waals surface area contributed by atoms with Crippen molar-refractivity contribution in [3.8, 4) is 17.2 Å². The Morgan fingerprint density at radius 1 is 1.07 bits per heavy atom. The van der Waals surface area contributed by atoms with Crippen molar-refractivity contribution >= 4 is 17.7 Å². The highest BCUT2D eigenvalue weighted by atomic mass is 32.2. The fraction of sp³-hybridized carbons (Fsp3) is 0.409. The first-order chi connectivity index (χ1) is 13.6. The van der Waals surface area contributed by atoms with Crippen molar-refractivity contribution in [2.75, 3.05) is 27.4 Å². The van der Waals surface area contributed by atoms with Crippen LogP contribution in [-0.2, 0) is 11.2 Å². The van der Waals surface area contributed by atoms with Gasteiger partial charge in [0.1, 0.15) is 5.75 Å². The van der Waals surface area contributed by atoms with E-state index in [2.05, 4.69) is 5.32 Å². The van der Waals surface area contributed by atoms with Gasteiger partial charge in [0.25, 0.3) is 0 Å². The first kappa shape index (κ1) is 22.0. The minimum atomic E-state index is -0.154. The minimum Gasteiger partial charge on any atom is -0.497 e. The Labute approximate surface area is 171 Å². The van der Waals surface area contributed by atoms with Gasteiger partial charge in [0.05, 0.1) is 26.1 Å². The van der Waals surface area contributed by atoms with Crippen LogP contribution in [0.2, 0.25) is 0 Å². The molecule has 0 saturated carbocycles. The van der Waals surface area contributed by atoms with Crippen molar-refractivity contribution in [2.24, 2.45) is 0 Å². The molecule has 5 nitrogen and oxygen atoms in total. The lowest BCUT2D eigenvalue weighted by Crippen LogP contribution is -2.31. The summed E-state index contributed by atoms with van der Waals surface area (Å²) in [4.78, 5) is 13.4. The summed E-state index contributed by atoms with van der Waals surface area (Å²) in [6.07, 6.45) is 1.73. The third-order valence-electron chi connectivity index (χ3n) is 4.21. The Morgan fingerprint density at radius 2 is 1.82 bits per heavy atom. The Hall–Kier alpha value is -2.34. The molecule has 152 valence electrons. The molecule has 2 rings (SSSR count). The smallest absolute Gasteiger partial charge is 0.233 e. The number of hydrogen-bond donors (Lipinski definition) is 1. The number of amides is 1. The number of methoxy groups -OCH3 is 2. The molecule has 1 amide bonds. The van der Waals surface area contributed by atoms with Gasteiger partial charge in [-0.15, -0.1) is 11.8 Å². The van der Waals surface area contributed by atoms with Gasteiger partial charge in [-0.25, -0.2) is 0 Å². The molecule has 0 bridgehead atoms. The summed E-state index contributed by atoms with van der Waals surface area (Å²) in [5.41, 5.74) is 1.16. The highest BCUT2D eigenvalue weighted by Crippen LogP contribution is 2.28. The van der Waals surface area contributed by atoms with Gasteiger partial charge in [0.2, 0.25) is 5.91 Å². The van der Waals surface area contributed by atoms with Crippen molar-refractivity contribution in [3.05, 3.63) is 48.0 Å². The molecule has 0 aliphatic carbocycles. The van der Waals surface area contributed by atoms with E-state index in [1.165, 1.54) is 11.8 Å². The summed E-state index contributed by atoms with van der Waals surface area (Å²) in [6.45, 7) is 5.11. The highest BCUT2D eigenvalue weighted by Gasteiger charge is 2.14. The maximum atomic E-state index is 12.3. The van der Waals surface area contributed by atoms with Crippen LogP contribution in [0.15, 0.2) is 47.4 Å². The summed E-state index contributed by atoms with van der Waals surface area (Å²) >= 11 is 1.54. The average Bonchev–Trinajstić information content (AvgIpc) is 2.72. The van der Waals surface area contributed by atoms with Gasteiger partial charge in [-0.05, 0) is 68.7 Å². The number of thioether (sulfide) groups is 1. The molecule has 1 unspecified atom stereocenters. The molecule has 0 aromatic heterocycles. The highest BCUT2D eigenvalue weighted by molar-refractivity contribution is 8.00. The normalized spacial score (nSPS) is 11.6. The molecule has 0 saturated heterocycles. The van der Waals surface area contributed by atoms with Crippen LogP contribution in [0.25, 0.3) is 0 Å². The van der Waals surface area contributed by atoms with E-state index in [-0.39, 0.29) is 11.2 Å². The molecular formula is C22H29NO4S. The molecule has 28 heavy (non-hydrogen) atoms. The molecule has 0 fully saturated rings. The van der Waals surface area contributed by atoms with Crippen LogP contribution in [0, 0.1) is 0 Å². The van der Waals surface area contributed by atoms with Crippen LogP contribution in [0.5, 0.6) is 17.2 Å². The first-order valence-electron chi connectivity index (χ1n) is 9.45. The fourth-order valence-corrected chi connectivity index (χ4v) is 3.59. The summed E-state index contributed by atoms with van der Waals surface area (Å²) in [5, 5.41) is 2.86. The predicted molar refractivity (Wildman–Crippen MR) is 114 cm³/mol. The molecular weight excluding hydrogens is 374 g/mol. The molecule has 0 spiro atoms. The van der Waals surface area contributed by atoms with Crippen molar-refractivity contribution < 1.29 is 19.0 Å². The topological polar surface area (TPSA) is 56.8 Å². The number of ether oxygens (including phenoxy) is 3. The monoisotopic (exact) mass is 403 g/mol. The summed E-state index contributed by atoms with van der Waals surface area (Å²) < 4.78 is 16.1. The maximum Gasteiger partial charge on any atom is 0.233 e. The van der Waals surface area contributed by atoms with Crippen molar-refractivity contribution in [1.29, 1.82) is 0 Å². The minimum absolute atomic E-state index is 0.0464. The summed E-state index contributed by atoms with van der Waals surface area (Å²) in [6, 6.07) is 13.7. The number of carbonyl (C=O) groups is 1. The van der Waals surface area contributed by atoms with Crippen molar-refractivity contribution in [3.63, 3.8) is 0 Å². The van der Waals surface area contributed by atoms with E-state index >= 15 is 0 Å². The molecule has 1 N–H and O–H groups in total. The van der Waals surface area contributed by atoms with Crippen LogP contribution >= 0.6 is 11.8 Å². The van der Waals surface area contributed by atoms with Crippen molar-refractivity contribution in [1.82, 2.24) is 5.32 Å². The lowest BCUT2D eigenvalue weighted by molar-refractivity contribution is -0.120. The van der Waals surface area contributed by atoms with Gasteiger partial charge >= 0.3 is 0 Å². The Bertz CT molecular complexity index is 749. The number of aryl methyl sites for hydroxylation is 1. The van der Waals surface area contributed by atoms with Crippen LogP contribution in [-0.4, -0.2) is 38.5 Å². The molecule has 6 heteroatoms. The number of rotatable bonds is 11. The van der Waals surface area contributed by atoms with E-state index < -0.39 is 0 Å². The standard InChI is InChI=1S/C22H29NO4S/c1-5-27-20-13-8-17(15-21(20)26-4)7-6-14-23-22(24)16(2)28-19-11-9-18(25-3)10-12-19/h8-13,15-16H,5-7,14H2,1-4H3,(H,23,24). The Balaban J connectivity index is 1.75. The van der Waals surface area contributed by atoms with Gasteiger partial charge in [-0.2, -0.15) is 0 Å². The zero-order chi connectivity index (χ0) is 20.4. The molecule has 1 atom stereocenters. The second-order valence-electron chi connectivity index (χ2n) is 6.25. The molecule has 0 aliphatic heterocycles. The second-order valence-corrected chi connectivity index (χ2v) is 7.66. The van der Waals surface area contributed by atoms with Crippen molar-refractivity contribution in [2.45, 2.75) is 36.8 Å². The summed E-state index contributed by atoms with van der Waals surface area (Å²) in [7, 11) is 3.28. The number of carbonyl (C=O) groups excluding carboxylic acids is 1.